The van der Waals surface area contributed by atoms with Crippen molar-refractivity contribution in [1.82, 2.24) is 24.1 Å². The summed E-state index contributed by atoms with van der Waals surface area (Å²) in [6.45, 7) is 7.51. The number of nitrogens with zero attached hydrogens (tertiary/aromatic N) is 5. The Bertz CT molecular complexity index is 873. The Kier molecular flexibility index (Phi) is 7.23. The summed E-state index contributed by atoms with van der Waals surface area (Å²) in [5.41, 5.74) is 1.23. The van der Waals surface area contributed by atoms with Crippen LogP contribution in [-0.2, 0) is 36.2 Å². The van der Waals surface area contributed by atoms with Crippen LogP contribution in [0.2, 0.25) is 5.02 Å². The molecule has 1 aromatic heterocycles. The van der Waals surface area contributed by atoms with Crippen LogP contribution in [-0.4, -0.2) is 62.9 Å². The van der Waals surface area contributed by atoms with Crippen molar-refractivity contribution in [3.63, 3.8) is 0 Å². The van der Waals surface area contributed by atoms with Gasteiger partial charge in [-0.2, -0.15) is 5.10 Å². The molecule has 0 saturated carbocycles. The molecule has 0 radical (unpaired) electrons. The third-order valence-electron chi connectivity index (χ3n) is 4.83. The van der Waals surface area contributed by atoms with Gasteiger partial charge in [0, 0.05) is 44.8 Å². The number of carbonyl (C=O) groups excluding carboxylic acids is 1. The van der Waals surface area contributed by atoms with Crippen LogP contribution >= 0.6 is 23.8 Å². The number of ether oxygens (including phenoxy) is 1. The van der Waals surface area contributed by atoms with Gasteiger partial charge >= 0.3 is 5.97 Å². The van der Waals surface area contributed by atoms with Gasteiger partial charge in [-0.3, -0.25) is 14.6 Å². The van der Waals surface area contributed by atoms with Crippen molar-refractivity contribution in [1.29, 1.82) is 0 Å². The molecular weight excluding hydrogens is 398 g/mol. The Morgan fingerprint density at radius 1 is 1.25 bits per heavy atom. The minimum absolute atomic E-state index is 0.133. The molecule has 2 heterocycles. The zero-order chi connectivity index (χ0) is 20.1. The van der Waals surface area contributed by atoms with Gasteiger partial charge < -0.3 is 9.30 Å². The van der Waals surface area contributed by atoms with Crippen molar-refractivity contribution in [2.24, 2.45) is 7.05 Å². The van der Waals surface area contributed by atoms with Gasteiger partial charge in [0.25, 0.3) is 0 Å². The lowest BCUT2D eigenvalue weighted by molar-refractivity contribution is -0.142. The van der Waals surface area contributed by atoms with Gasteiger partial charge in [-0.15, -0.1) is 0 Å². The molecule has 3 rings (SSSR count). The number of halogens is 1. The number of rotatable bonds is 7. The molecule has 0 spiro atoms. The second-order valence-corrected chi connectivity index (χ2v) is 7.71. The topological polar surface area (TPSA) is 55.5 Å². The SMILES string of the molecule is CCOC(=O)Cc1nn(CN2CCN(Cc3cccc(Cl)c3)CC2)c(=S)n1C. The fourth-order valence-electron chi connectivity index (χ4n) is 3.29. The highest BCUT2D eigenvalue weighted by molar-refractivity contribution is 7.71. The number of aromatic nitrogens is 3. The van der Waals surface area contributed by atoms with Crippen molar-refractivity contribution in [3.05, 3.63) is 45.4 Å². The summed E-state index contributed by atoms with van der Waals surface area (Å²) in [5, 5.41) is 5.30. The zero-order valence-electron chi connectivity index (χ0n) is 16.3. The van der Waals surface area contributed by atoms with Crippen LogP contribution in [0, 0.1) is 4.77 Å². The Morgan fingerprint density at radius 2 is 1.96 bits per heavy atom. The first-order valence-electron chi connectivity index (χ1n) is 9.43. The third kappa shape index (κ3) is 5.41. The van der Waals surface area contributed by atoms with Crippen molar-refractivity contribution < 1.29 is 9.53 Å². The largest absolute Gasteiger partial charge is 0.466 e. The van der Waals surface area contributed by atoms with Gasteiger partial charge in [-0.05, 0) is 36.8 Å². The Balaban J connectivity index is 1.54. The van der Waals surface area contributed by atoms with Gasteiger partial charge in [0.05, 0.1) is 13.3 Å². The average molecular weight is 424 g/mol. The van der Waals surface area contributed by atoms with Gasteiger partial charge in [0.15, 0.2) is 4.77 Å². The van der Waals surface area contributed by atoms with E-state index in [2.05, 4.69) is 21.0 Å². The van der Waals surface area contributed by atoms with Crippen LogP contribution in [0.5, 0.6) is 0 Å². The average Bonchev–Trinajstić information content (AvgIpc) is 2.91. The van der Waals surface area contributed by atoms with E-state index in [-0.39, 0.29) is 12.4 Å². The monoisotopic (exact) mass is 423 g/mol. The highest BCUT2D eigenvalue weighted by Crippen LogP contribution is 2.14. The van der Waals surface area contributed by atoms with E-state index in [0.29, 0.717) is 23.9 Å². The number of benzene rings is 1. The van der Waals surface area contributed by atoms with E-state index < -0.39 is 0 Å². The van der Waals surface area contributed by atoms with E-state index in [0.717, 1.165) is 37.7 Å². The smallest absolute Gasteiger partial charge is 0.313 e. The lowest BCUT2D eigenvalue weighted by Crippen LogP contribution is -2.46. The number of piperazine rings is 1. The molecule has 152 valence electrons. The quantitative estimate of drug-likeness (QED) is 0.503. The summed E-state index contributed by atoms with van der Waals surface area (Å²) in [5.74, 6) is 0.343. The lowest BCUT2D eigenvalue weighted by Gasteiger charge is -2.34. The van der Waals surface area contributed by atoms with E-state index >= 15 is 0 Å². The molecule has 28 heavy (non-hydrogen) atoms. The highest BCUT2D eigenvalue weighted by atomic mass is 35.5. The molecule has 1 aromatic carbocycles. The van der Waals surface area contributed by atoms with Gasteiger partial charge in [-0.1, -0.05) is 23.7 Å². The number of esters is 1. The van der Waals surface area contributed by atoms with Crippen LogP contribution < -0.4 is 0 Å². The van der Waals surface area contributed by atoms with E-state index in [9.17, 15) is 4.79 Å². The predicted molar refractivity (Wildman–Crippen MR) is 111 cm³/mol. The highest BCUT2D eigenvalue weighted by Gasteiger charge is 2.19. The van der Waals surface area contributed by atoms with E-state index in [4.69, 9.17) is 28.6 Å². The molecule has 0 amide bonds. The molecule has 7 nitrogen and oxygen atoms in total. The molecule has 0 unspecified atom stereocenters. The lowest BCUT2D eigenvalue weighted by atomic mass is 10.2. The molecule has 1 saturated heterocycles. The maximum absolute atomic E-state index is 11.7. The minimum Gasteiger partial charge on any atom is -0.466 e. The Morgan fingerprint density at radius 3 is 2.64 bits per heavy atom. The molecule has 0 N–H and O–H groups in total. The zero-order valence-corrected chi connectivity index (χ0v) is 17.9. The van der Waals surface area contributed by atoms with Crippen LogP contribution in [0.25, 0.3) is 0 Å². The minimum atomic E-state index is -0.285. The van der Waals surface area contributed by atoms with Crippen LogP contribution in [0.15, 0.2) is 24.3 Å². The molecule has 2 aromatic rings. The summed E-state index contributed by atoms with van der Waals surface area (Å²) in [6.07, 6.45) is 0.133. The standard InChI is InChI=1S/C19H26ClN5O2S/c1-3-27-18(26)12-17-21-25(19(28)22(17)2)14-24-9-7-23(8-10-24)13-15-5-4-6-16(20)11-15/h4-6,11H,3,7-10,12-14H2,1-2H3. The van der Waals surface area contributed by atoms with E-state index in [1.54, 1.807) is 16.2 Å². The van der Waals surface area contributed by atoms with Crippen molar-refractivity contribution >= 4 is 29.8 Å². The molecule has 0 aliphatic carbocycles. The first-order valence-corrected chi connectivity index (χ1v) is 10.2. The second-order valence-electron chi connectivity index (χ2n) is 6.90. The normalized spacial score (nSPS) is 15.7. The van der Waals surface area contributed by atoms with Crippen molar-refractivity contribution in [2.45, 2.75) is 26.6 Å². The first-order chi connectivity index (χ1) is 13.5. The maximum atomic E-state index is 11.7. The fourth-order valence-corrected chi connectivity index (χ4v) is 3.71. The summed E-state index contributed by atoms with van der Waals surface area (Å²) in [7, 11) is 1.84. The number of hydrogen-bond acceptors (Lipinski definition) is 6. The molecule has 1 aliphatic rings. The molecule has 0 bridgehead atoms. The predicted octanol–water partition coefficient (Wildman–Crippen LogP) is 2.49. The Labute approximate surface area is 175 Å². The number of carbonyl (C=O) groups is 1. The molecule has 1 aliphatic heterocycles. The van der Waals surface area contributed by atoms with Crippen LogP contribution in [0.1, 0.15) is 18.3 Å². The van der Waals surface area contributed by atoms with Gasteiger partial charge in [0.2, 0.25) is 0 Å². The summed E-state index contributed by atoms with van der Waals surface area (Å²) < 4.78 is 9.19. The molecule has 0 atom stereocenters. The van der Waals surface area contributed by atoms with Crippen LogP contribution in [0.3, 0.4) is 0 Å². The summed E-state index contributed by atoms with van der Waals surface area (Å²) >= 11 is 11.6. The molecule has 9 heteroatoms. The molecule has 1 fully saturated rings. The van der Waals surface area contributed by atoms with Crippen LogP contribution in [0.4, 0.5) is 0 Å². The van der Waals surface area contributed by atoms with Crippen molar-refractivity contribution in [3.8, 4) is 0 Å². The van der Waals surface area contributed by atoms with Crippen molar-refractivity contribution in [2.75, 3.05) is 32.8 Å². The maximum Gasteiger partial charge on any atom is 0.313 e. The summed E-state index contributed by atoms with van der Waals surface area (Å²) in [4.78, 5) is 16.5. The number of hydrogen-bond donors (Lipinski definition) is 0. The second kappa shape index (κ2) is 9.65. The first kappa shape index (κ1) is 21.0. The van der Waals surface area contributed by atoms with Gasteiger partial charge in [-0.25, -0.2) is 4.68 Å². The van der Waals surface area contributed by atoms with E-state index in [1.165, 1.54) is 5.56 Å². The third-order valence-corrected chi connectivity index (χ3v) is 5.55. The van der Waals surface area contributed by atoms with E-state index in [1.807, 2.05) is 25.2 Å². The molecular formula is C19H26ClN5O2S. The van der Waals surface area contributed by atoms with Gasteiger partial charge in [0.1, 0.15) is 12.2 Å². The fraction of sp³-hybridized carbons (Fsp3) is 0.526. The summed E-state index contributed by atoms with van der Waals surface area (Å²) in [6, 6.07) is 8.02. The Hall–Kier alpha value is -1.74.